The van der Waals surface area contributed by atoms with Crippen molar-refractivity contribution >= 4 is 0 Å². The Morgan fingerprint density at radius 2 is 1.81 bits per heavy atom. The topological polar surface area (TPSA) is 21.3 Å². The second kappa shape index (κ2) is 9.00. The molecule has 0 fully saturated rings. The quantitative estimate of drug-likeness (QED) is 0.547. The highest BCUT2D eigenvalue weighted by Gasteiger charge is 2.31. The normalized spacial score (nSPS) is 11.9. The monoisotopic (exact) mass is 307 g/mol. The predicted octanol–water partition coefficient (Wildman–Crippen LogP) is 4.14. The summed E-state index contributed by atoms with van der Waals surface area (Å²) >= 11 is 0. The molecule has 0 aliphatic carbocycles. The Kier molecular flexibility index (Phi) is 7.67. The van der Waals surface area contributed by atoms with Gasteiger partial charge in [0.25, 0.3) is 0 Å². The third-order valence-electron chi connectivity index (χ3n) is 2.90. The number of ether oxygens (including phenoxy) is 1. The zero-order chi connectivity index (χ0) is 15.7. The molecule has 0 aliphatic rings. The van der Waals surface area contributed by atoms with Crippen LogP contribution in [0.2, 0.25) is 0 Å². The van der Waals surface area contributed by atoms with E-state index < -0.39 is 17.6 Å². The minimum absolute atomic E-state index is 0.204. The Balaban J connectivity index is 2.31. The maximum atomic E-state index is 13.2. The van der Waals surface area contributed by atoms with Gasteiger partial charge in [-0.3, -0.25) is 0 Å². The first-order valence-corrected chi connectivity index (χ1v) is 7.08. The molecule has 0 atom stereocenters. The van der Waals surface area contributed by atoms with E-state index in [1.54, 1.807) is 0 Å². The van der Waals surface area contributed by atoms with Crippen LogP contribution < -0.4 is 5.32 Å². The van der Waals surface area contributed by atoms with Gasteiger partial charge in [-0.25, -0.2) is 4.39 Å². The Morgan fingerprint density at radius 3 is 2.48 bits per heavy atom. The van der Waals surface area contributed by atoms with Crippen LogP contribution in [-0.2, 0) is 17.5 Å². The van der Waals surface area contributed by atoms with Crippen LogP contribution >= 0.6 is 0 Å². The SMILES string of the molecule is CCCCOCCCNCc1cc(F)cc(C(F)(F)F)c1. The Hall–Kier alpha value is -1.14. The van der Waals surface area contributed by atoms with Gasteiger partial charge in [0.2, 0.25) is 0 Å². The molecule has 0 bridgehead atoms. The summed E-state index contributed by atoms with van der Waals surface area (Å²) in [5, 5.41) is 2.98. The zero-order valence-electron chi connectivity index (χ0n) is 12.1. The van der Waals surface area contributed by atoms with Crippen LogP contribution in [0.1, 0.15) is 37.3 Å². The molecule has 1 aromatic rings. The molecule has 0 aromatic heterocycles. The fourth-order valence-electron chi connectivity index (χ4n) is 1.80. The summed E-state index contributed by atoms with van der Waals surface area (Å²) in [6.45, 7) is 4.25. The van der Waals surface area contributed by atoms with Crippen LogP contribution in [0, 0.1) is 5.82 Å². The number of benzene rings is 1. The van der Waals surface area contributed by atoms with Gasteiger partial charge in [-0.2, -0.15) is 13.2 Å². The lowest BCUT2D eigenvalue weighted by molar-refractivity contribution is -0.137. The van der Waals surface area contributed by atoms with E-state index in [1.165, 1.54) is 0 Å². The van der Waals surface area contributed by atoms with Crippen LogP contribution in [0.15, 0.2) is 18.2 Å². The van der Waals surface area contributed by atoms with Crippen molar-refractivity contribution in [2.75, 3.05) is 19.8 Å². The van der Waals surface area contributed by atoms with Crippen LogP contribution in [0.4, 0.5) is 17.6 Å². The molecule has 1 rings (SSSR count). The van der Waals surface area contributed by atoms with Crippen molar-refractivity contribution in [3.63, 3.8) is 0 Å². The van der Waals surface area contributed by atoms with E-state index >= 15 is 0 Å². The van der Waals surface area contributed by atoms with Gasteiger partial charge < -0.3 is 10.1 Å². The fraction of sp³-hybridized carbons (Fsp3) is 0.600. The van der Waals surface area contributed by atoms with E-state index in [4.69, 9.17) is 4.74 Å². The molecule has 120 valence electrons. The van der Waals surface area contributed by atoms with Gasteiger partial charge in [0.15, 0.2) is 0 Å². The third-order valence-corrected chi connectivity index (χ3v) is 2.90. The van der Waals surface area contributed by atoms with Gasteiger partial charge >= 0.3 is 6.18 Å². The summed E-state index contributed by atoms with van der Waals surface area (Å²) in [5.41, 5.74) is -0.670. The summed E-state index contributed by atoms with van der Waals surface area (Å²) < 4.78 is 56.1. The standard InChI is InChI=1S/C15H21F4NO/c1-2-3-6-21-7-4-5-20-11-12-8-13(15(17,18)19)10-14(16)9-12/h8-10,20H,2-7,11H2,1H3. The molecule has 0 amide bonds. The average Bonchev–Trinajstić information content (AvgIpc) is 2.40. The molecule has 0 radical (unpaired) electrons. The Morgan fingerprint density at radius 1 is 1.10 bits per heavy atom. The third kappa shape index (κ3) is 7.43. The minimum atomic E-state index is -4.52. The lowest BCUT2D eigenvalue weighted by Crippen LogP contribution is -2.17. The molecule has 0 saturated heterocycles. The highest BCUT2D eigenvalue weighted by atomic mass is 19.4. The molecule has 6 heteroatoms. The number of nitrogens with one attached hydrogen (secondary N) is 1. The fourth-order valence-corrected chi connectivity index (χ4v) is 1.80. The molecule has 21 heavy (non-hydrogen) atoms. The number of hydrogen-bond donors (Lipinski definition) is 1. The number of alkyl halides is 3. The van der Waals surface area contributed by atoms with Gasteiger partial charge in [0, 0.05) is 19.8 Å². The highest BCUT2D eigenvalue weighted by molar-refractivity contribution is 5.26. The maximum absolute atomic E-state index is 13.2. The molecule has 0 heterocycles. The largest absolute Gasteiger partial charge is 0.416 e. The van der Waals surface area contributed by atoms with Crippen molar-refractivity contribution in [3.8, 4) is 0 Å². The molecule has 0 aliphatic heterocycles. The first-order chi connectivity index (χ1) is 9.93. The number of halogens is 4. The summed E-state index contributed by atoms with van der Waals surface area (Å²) in [4.78, 5) is 0. The highest BCUT2D eigenvalue weighted by Crippen LogP contribution is 2.30. The maximum Gasteiger partial charge on any atom is 0.416 e. The Bertz CT molecular complexity index is 421. The summed E-state index contributed by atoms with van der Waals surface area (Å²) in [7, 11) is 0. The van der Waals surface area contributed by atoms with Crippen LogP contribution in [-0.4, -0.2) is 19.8 Å². The Labute approximate surface area is 122 Å². The number of unbranched alkanes of at least 4 members (excludes halogenated alkanes) is 1. The zero-order valence-corrected chi connectivity index (χ0v) is 12.1. The molecule has 0 spiro atoms. The second-order valence-corrected chi connectivity index (χ2v) is 4.84. The van der Waals surface area contributed by atoms with E-state index in [-0.39, 0.29) is 12.1 Å². The summed E-state index contributed by atoms with van der Waals surface area (Å²) in [6, 6.07) is 2.58. The average molecular weight is 307 g/mol. The lowest BCUT2D eigenvalue weighted by atomic mass is 10.1. The van der Waals surface area contributed by atoms with Crippen molar-refractivity contribution in [2.24, 2.45) is 0 Å². The van der Waals surface area contributed by atoms with E-state index in [9.17, 15) is 17.6 Å². The van der Waals surface area contributed by atoms with Gasteiger partial charge in [-0.1, -0.05) is 13.3 Å². The van der Waals surface area contributed by atoms with Crippen molar-refractivity contribution in [2.45, 2.75) is 38.9 Å². The van der Waals surface area contributed by atoms with Crippen molar-refractivity contribution in [1.82, 2.24) is 5.32 Å². The molecule has 1 N–H and O–H groups in total. The number of rotatable bonds is 9. The lowest BCUT2D eigenvalue weighted by Gasteiger charge is -2.10. The second-order valence-electron chi connectivity index (χ2n) is 4.84. The van der Waals surface area contributed by atoms with Crippen LogP contribution in [0.3, 0.4) is 0 Å². The van der Waals surface area contributed by atoms with E-state index in [2.05, 4.69) is 12.2 Å². The molecule has 1 aromatic carbocycles. The smallest absolute Gasteiger partial charge is 0.381 e. The molecule has 2 nitrogen and oxygen atoms in total. The van der Waals surface area contributed by atoms with Gasteiger partial charge in [-0.05, 0) is 43.1 Å². The first kappa shape index (κ1) is 17.9. The van der Waals surface area contributed by atoms with Crippen LogP contribution in [0.25, 0.3) is 0 Å². The van der Waals surface area contributed by atoms with Crippen LogP contribution in [0.5, 0.6) is 0 Å². The van der Waals surface area contributed by atoms with E-state index in [0.29, 0.717) is 19.2 Å². The van der Waals surface area contributed by atoms with Gasteiger partial charge in [-0.15, -0.1) is 0 Å². The first-order valence-electron chi connectivity index (χ1n) is 7.08. The summed E-state index contributed by atoms with van der Waals surface area (Å²) in [6.07, 6.45) is -1.65. The van der Waals surface area contributed by atoms with E-state index in [0.717, 1.165) is 38.0 Å². The summed E-state index contributed by atoms with van der Waals surface area (Å²) in [5.74, 6) is -0.871. The van der Waals surface area contributed by atoms with Gasteiger partial charge in [0.1, 0.15) is 5.82 Å². The molecule has 0 saturated carbocycles. The number of hydrogen-bond acceptors (Lipinski definition) is 2. The van der Waals surface area contributed by atoms with Crippen molar-refractivity contribution in [3.05, 3.63) is 35.1 Å². The minimum Gasteiger partial charge on any atom is -0.381 e. The van der Waals surface area contributed by atoms with Crippen molar-refractivity contribution < 1.29 is 22.3 Å². The van der Waals surface area contributed by atoms with E-state index in [1.807, 2.05) is 0 Å². The molecular weight excluding hydrogens is 286 g/mol. The molecular formula is C15H21F4NO. The molecule has 0 unspecified atom stereocenters. The van der Waals surface area contributed by atoms with Crippen molar-refractivity contribution in [1.29, 1.82) is 0 Å². The predicted molar refractivity (Wildman–Crippen MR) is 73.5 cm³/mol. The van der Waals surface area contributed by atoms with Gasteiger partial charge in [0.05, 0.1) is 5.56 Å².